The molecule has 3 rings (SSSR count). The highest BCUT2D eigenvalue weighted by Gasteiger charge is 2.19. The van der Waals surface area contributed by atoms with Crippen molar-refractivity contribution in [2.75, 3.05) is 11.6 Å². The molecule has 7 heteroatoms. The van der Waals surface area contributed by atoms with Gasteiger partial charge in [-0.05, 0) is 55.0 Å². The molecule has 5 nitrogen and oxygen atoms in total. The Hall–Kier alpha value is -2.05. The Morgan fingerprint density at radius 1 is 1.14 bits per heavy atom. The topological polar surface area (TPSA) is 61.8 Å². The summed E-state index contributed by atoms with van der Waals surface area (Å²) < 4.78 is 25.3. The maximum Gasteiger partial charge on any atom is 0.206 e. The minimum absolute atomic E-state index is 0.242. The molecular formula is C15H14ClN3O2S. The minimum atomic E-state index is -3.54. The van der Waals surface area contributed by atoms with Gasteiger partial charge in [0, 0.05) is 10.7 Å². The molecule has 0 aliphatic carbocycles. The van der Waals surface area contributed by atoms with Crippen LogP contribution in [0.1, 0.15) is 5.56 Å². The van der Waals surface area contributed by atoms with E-state index in [2.05, 4.69) is 10.5 Å². The third-order valence-corrected chi connectivity index (χ3v) is 5.64. The molecule has 0 saturated carbocycles. The van der Waals surface area contributed by atoms with Crippen LogP contribution < -0.4 is 10.3 Å². The van der Waals surface area contributed by atoms with Crippen LogP contribution in [0.3, 0.4) is 0 Å². The fraction of sp³-hybridized carbons (Fsp3) is 0.133. The molecular weight excluding hydrogens is 322 g/mol. The van der Waals surface area contributed by atoms with Gasteiger partial charge in [-0.2, -0.15) is 5.10 Å². The van der Waals surface area contributed by atoms with Crippen LogP contribution in [0.5, 0.6) is 0 Å². The highest BCUT2D eigenvalue weighted by atomic mass is 35.5. The predicted octanol–water partition coefficient (Wildman–Crippen LogP) is 2.79. The van der Waals surface area contributed by atoms with E-state index < -0.39 is 9.84 Å². The van der Waals surface area contributed by atoms with Gasteiger partial charge >= 0.3 is 0 Å². The molecule has 0 bridgehead atoms. The van der Waals surface area contributed by atoms with Crippen molar-refractivity contribution in [2.24, 2.45) is 5.10 Å². The first-order valence-electron chi connectivity index (χ1n) is 6.62. The number of aryl methyl sites for hydroxylation is 1. The number of nitrogens with zero attached hydrogens (tertiary/aromatic N) is 2. The summed E-state index contributed by atoms with van der Waals surface area (Å²) in [6, 6.07) is 11.4. The van der Waals surface area contributed by atoms with Crippen LogP contribution in [-0.2, 0) is 9.84 Å². The molecule has 1 aliphatic heterocycles. The van der Waals surface area contributed by atoms with E-state index in [1.54, 1.807) is 49.7 Å². The van der Waals surface area contributed by atoms with Crippen LogP contribution in [-0.4, -0.2) is 21.4 Å². The SMILES string of the molecule is Cc1cc(S(=O)(=O)c2ccc(N3C=NNC3)cc2)ccc1Cl. The van der Waals surface area contributed by atoms with Crippen LogP contribution in [0.4, 0.5) is 5.69 Å². The first-order chi connectivity index (χ1) is 10.5. The monoisotopic (exact) mass is 335 g/mol. The molecule has 0 unspecified atom stereocenters. The number of sulfone groups is 1. The number of hydrogen-bond donors (Lipinski definition) is 1. The Balaban J connectivity index is 1.94. The zero-order valence-corrected chi connectivity index (χ0v) is 13.4. The Labute approximate surface area is 134 Å². The lowest BCUT2D eigenvalue weighted by Gasteiger charge is -2.13. The van der Waals surface area contributed by atoms with E-state index in [1.807, 2.05) is 4.90 Å². The molecule has 0 saturated heterocycles. The Morgan fingerprint density at radius 2 is 1.82 bits per heavy atom. The second-order valence-electron chi connectivity index (χ2n) is 4.94. The van der Waals surface area contributed by atoms with E-state index >= 15 is 0 Å². The minimum Gasteiger partial charge on any atom is -0.311 e. The fourth-order valence-electron chi connectivity index (χ4n) is 2.16. The van der Waals surface area contributed by atoms with Crippen LogP contribution >= 0.6 is 11.6 Å². The number of benzene rings is 2. The van der Waals surface area contributed by atoms with Crippen molar-refractivity contribution in [3.8, 4) is 0 Å². The summed E-state index contributed by atoms with van der Waals surface area (Å²) in [6.45, 7) is 2.35. The van der Waals surface area contributed by atoms with Crippen molar-refractivity contribution in [1.29, 1.82) is 0 Å². The lowest BCUT2D eigenvalue weighted by molar-refractivity contribution is 0.596. The number of nitrogens with one attached hydrogen (secondary N) is 1. The second kappa shape index (κ2) is 5.62. The first kappa shape index (κ1) is 14.9. The van der Waals surface area contributed by atoms with Gasteiger partial charge in [-0.15, -0.1) is 0 Å². The highest BCUT2D eigenvalue weighted by molar-refractivity contribution is 7.91. The fourth-order valence-corrected chi connectivity index (χ4v) is 3.63. The van der Waals surface area contributed by atoms with Crippen molar-refractivity contribution in [2.45, 2.75) is 16.7 Å². The molecule has 0 spiro atoms. The molecule has 0 radical (unpaired) electrons. The third-order valence-electron chi connectivity index (χ3n) is 3.45. The summed E-state index contributed by atoms with van der Waals surface area (Å²) in [5.74, 6) is 0. The lowest BCUT2D eigenvalue weighted by Crippen LogP contribution is -2.22. The van der Waals surface area contributed by atoms with E-state index in [1.165, 1.54) is 6.07 Å². The number of hydrazone groups is 1. The summed E-state index contributed by atoms with van der Waals surface area (Å²) >= 11 is 5.95. The first-order valence-corrected chi connectivity index (χ1v) is 8.48. The van der Waals surface area contributed by atoms with Gasteiger partial charge < -0.3 is 4.90 Å². The van der Waals surface area contributed by atoms with Gasteiger partial charge in [0.25, 0.3) is 0 Å². The van der Waals surface area contributed by atoms with Crippen LogP contribution in [0.15, 0.2) is 57.4 Å². The van der Waals surface area contributed by atoms with Gasteiger partial charge in [0.05, 0.1) is 9.79 Å². The molecule has 1 N–H and O–H groups in total. The van der Waals surface area contributed by atoms with Gasteiger partial charge in [0.15, 0.2) is 0 Å². The zero-order valence-electron chi connectivity index (χ0n) is 11.8. The molecule has 22 heavy (non-hydrogen) atoms. The third kappa shape index (κ3) is 2.67. The smallest absolute Gasteiger partial charge is 0.206 e. The molecule has 0 fully saturated rings. The van der Waals surface area contributed by atoms with Gasteiger partial charge in [0.2, 0.25) is 9.84 Å². The van der Waals surface area contributed by atoms with Crippen LogP contribution in [0.2, 0.25) is 5.02 Å². The average Bonchev–Trinajstić information content (AvgIpc) is 3.04. The largest absolute Gasteiger partial charge is 0.311 e. The van der Waals surface area contributed by atoms with Crippen LogP contribution in [0, 0.1) is 6.92 Å². The second-order valence-corrected chi connectivity index (χ2v) is 7.30. The van der Waals surface area contributed by atoms with Crippen molar-refractivity contribution in [3.05, 3.63) is 53.1 Å². The maximum atomic E-state index is 12.6. The van der Waals surface area contributed by atoms with Gasteiger partial charge in [-0.3, -0.25) is 5.43 Å². The van der Waals surface area contributed by atoms with Crippen molar-refractivity contribution in [1.82, 2.24) is 5.43 Å². The Bertz CT molecular complexity index is 832. The highest BCUT2D eigenvalue weighted by Crippen LogP contribution is 2.26. The van der Waals surface area contributed by atoms with E-state index in [4.69, 9.17) is 11.6 Å². The summed E-state index contributed by atoms with van der Waals surface area (Å²) in [5, 5.41) is 4.45. The zero-order chi connectivity index (χ0) is 15.7. The normalized spacial score (nSPS) is 14.2. The predicted molar refractivity (Wildman–Crippen MR) is 87.1 cm³/mol. The molecule has 2 aromatic carbocycles. The number of anilines is 1. The molecule has 114 valence electrons. The number of hydrogen-bond acceptors (Lipinski definition) is 5. The van der Waals surface area contributed by atoms with E-state index in [9.17, 15) is 8.42 Å². The summed E-state index contributed by atoms with van der Waals surface area (Å²) in [6.07, 6.45) is 1.66. The Kier molecular flexibility index (Phi) is 3.80. The van der Waals surface area contributed by atoms with Crippen LogP contribution in [0.25, 0.3) is 0 Å². The Morgan fingerprint density at radius 3 is 2.41 bits per heavy atom. The molecule has 0 amide bonds. The molecule has 2 aromatic rings. The molecule has 0 atom stereocenters. The maximum absolute atomic E-state index is 12.6. The molecule has 0 aromatic heterocycles. The quantitative estimate of drug-likeness (QED) is 0.937. The molecule has 1 heterocycles. The van der Waals surface area contributed by atoms with Gasteiger partial charge in [-0.1, -0.05) is 11.6 Å². The lowest BCUT2D eigenvalue weighted by atomic mass is 10.2. The number of rotatable bonds is 3. The number of halogens is 1. The average molecular weight is 336 g/mol. The van der Waals surface area contributed by atoms with E-state index in [0.717, 1.165) is 11.3 Å². The van der Waals surface area contributed by atoms with Gasteiger partial charge in [-0.25, -0.2) is 8.42 Å². The summed E-state index contributed by atoms with van der Waals surface area (Å²) in [4.78, 5) is 2.37. The van der Waals surface area contributed by atoms with E-state index in [-0.39, 0.29) is 9.79 Å². The van der Waals surface area contributed by atoms with Crippen molar-refractivity contribution < 1.29 is 8.42 Å². The van der Waals surface area contributed by atoms with Crippen molar-refractivity contribution >= 4 is 33.5 Å². The summed E-state index contributed by atoms with van der Waals surface area (Å²) in [5.41, 5.74) is 4.43. The molecule has 1 aliphatic rings. The standard InChI is InChI=1S/C15H14ClN3O2S/c1-11-8-14(6-7-15(11)16)22(20,21)13-4-2-12(3-5-13)19-9-17-18-10-19/h2-9,18H,10H2,1H3. The van der Waals surface area contributed by atoms with Crippen molar-refractivity contribution in [3.63, 3.8) is 0 Å². The van der Waals surface area contributed by atoms with E-state index in [0.29, 0.717) is 11.7 Å². The van der Waals surface area contributed by atoms with Gasteiger partial charge in [0.1, 0.15) is 13.0 Å². The summed E-state index contributed by atoms with van der Waals surface area (Å²) in [7, 11) is -3.54.